The smallest absolute Gasteiger partial charge is 0.357 e. The fourth-order valence-corrected chi connectivity index (χ4v) is 4.07. The van der Waals surface area contributed by atoms with Crippen LogP contribution in [0, 0.1) is 13.8 Å². The average molecular weight is 413 g/mol. The highest BCUT2D eigenvalue weighted by molar-refractivity contribution is 7.16. The normalized spacial score (nSPS) is 11.0. The summed E-state index contributed by atoms with van der Waals surface area (Å²) in [7, 11) is 1.32. The van der Waals surface area contributed by atoms with Gasteiger partial charge in [0.05, 0.1) is 24.9 Å². The van der Waals surface area contributed by atoms with Gasteiger partial charge in [0.15, 0.2) is 10.8 Å². The minimum Gasteiger partial charge on any atom is -0.464 e. The van der Waals surface area contributed by atoms with Crippen LogP contribution in [0.4, 0.5) is 5.13 Å². The third-order valence-electron chi connectivity index (χ3n) is 4.58. The Kier molecular flexibility index (Phi) is 6.12. The molecule has 152 valence electrons. The third kappa shape index (κ3) is 4.37. The van der Waals surface area contributed by atoms with E-state index in [9.17, 15) is 9.59 Å². The molecule has 0 unspecified atom stereocenters. The number of benzene rings is 1. The molecule has 1 amide bonds. The van der Waals surface area contributed by atoms with E-state index < -0.39 is 5.97 Å². The van der Waals surface area contributed by atoms with E-state index in [-0.39, 0.29) is 23.9 Å². The summed E-state index contributed by atoms with van der Waals surface area (Å²) in [6, 6.07) is 9.80. The zero-order chi connectivity index (χ0) is 21.1. The summed E-state index contributed by atoms with van der Waals surface area (Å²) in [5.74, 6) is -0.605. The van der Waals surface area contributed by atoms with Crippen molar-refractivity contribution in [1.29, 1.82) is 0 Å². The van der Waals surface area contributed by atoms with Gasteiger partial charge in [-0.3, -0.25) is 4.79 Å². The minimum absolute atomic E-state index is 0.0980. The number of hydrogen-bond acceptors (Lipinski definition) is 6. The van der Waals surface area contributed by atoms with Crippen LogP contribution in [0.3, 0.4) is 0 Å². The second-order valence-electron chi connectivity index (χ2n) is 7.00. The number of carbonyl (C=O) groups is 2. The monoisotopic (exact) mass is 412 g/mol. The number of nitrogens with zero attached hydrogens (tertiary/aromatic N) is 3. The number of aryl methyl sites for hydroxylation is 1. The Morgan fingerprint density at radius 3 is 2.52 bits per heavy atom. The molecule has 1 N–H and O–H groups in total. The number of esters is 1. The largest absolute Gasteiger partial charge is 0.464 e. The van der Waals surface area contributed by atoms with Crippen LogP contribution in [0.2, 0.25) is 0 Å². The number of anilines is 1. The molecule has 2 aromatic heterocycles. The second-order valence-corrected chi connectivity index (χ2v) is 8.03. The number of nitrogens with one attached hydrogen (secondary N) is 1. The molecule has 3 aromatic rings. The van der Waals surface area contributed by atoms with Gasteiger partial charge in [0.2, 0.25) is 5.91 Å². The third-order valence-corrected chi connectivity index (χ3v) is 5.85. The Balaban J connectivity index is 1.80. The molecule has 0 aliphatic carbocycles. The molecular weight excluding hydrogens is 388 g/mol. The predicted molar refractivity (Wildman–Crippen MR) is 113 cm³/mol. The summed E-state index contributed by atoms with van der Waals surface area (Å²) in [6.45, 7) is 7.78. The lowest BCUT2D eigenvalue weighted by atomic mass is 10.1. The Morgan fingerprint density at radius 1 is 1.21 bits per heavy atom. The number of ether oxygens (including phenoxy) is 1. The summed E-state index contributed by atoms with van der Waals surface area (Å²) < 4.78 is 6.64. The van der Waals surface area contributed by atoms with Gasteiger partial charge in [-0.05, 0) is 31.9 Å². The molecule has 29 heavy (non-hydrogen) atoms. The molecule has 0 aliphatic rings. The van der Waals surface area contributed by atoms with E-state index in [1.54, 1.807) is 0 Å². The number of methoxy groups -OCH3 is 1. The fraction of sp³-hybridized carbons (Fsp3) is 0.333. The number of rotatable bonds is 6. The maximum Gasteiger partial charge on any atom is 0.357 e. The van der Waals surface area contributed by atoms with E-state index in [4.69, 9.17) is 4.74 Å². The molecule has 8 heteroatoms. The van der Waals surface area contributed by atoms with Crippen molar-refractivity contribution in [3.8, 4) is 5.69 Å². The molecule has 3 rings (SSSR count). The first kappa shape index (κ1) is 20.7. The molecule has 7 nitrogen and oxygen atoms in total. The summed E-state index contributed by atoms with van der Waals surface area (Å²) in [5.41, 5.74) is 3.80. The molecule has 0 radical (unpaired) electrons. The van der Waals surface area contributed by atoms with Crippen molar-refractivity contribution in [1.82, 2.24) is 14.8 Å². The van der Waals surface area contributed by atoms with Gasteiger partial charge in [-0.1, -0.05) is 32.0 Å². The van der Waals surface area contributed by atoms with Gasteiger partial charge in [0, 0.05) is 16.1 Å². The van der Waals surface area contributed by atoms with Crippen molar-refractivity contribution in [3.05, 3.63) is 57.9 Å². The predicted octanol–water partition coefficient (Wildman–Crippen LogP) is 4.04. The lowest BCUT2D eigenvalue weighted by Crippen LogP contribution is -2.15. The van der Waals surface area contributed by atoms with Gasteiger partial charge in [-0.25, -0.2) is 14.5 Å². The van der Waals surface area contributed by atoms with Crippen LogP contribution in [-0.2, 0) is 16.0 Å². The highest BCUT2D eigenvalue weighted by Gasteiger charge is 2.22. The summed E-state index contributed by atoms with van der Waals surface area (Å²) in [5, 5.41) is 7.78. The number of hydrogen-bond donors (Lipinski definition) is 1. The molecule has 0 saturated heterocycles. The molecule has 2 heterocycles. The maximum absolute atomic E-state index is 12.7. The SMILES string of the molecule is COC(=O)c1nc(NC(=O)Cc2c(C)nn(-c3ccccc3)c2C)sc1C(C)C. The van der Waals surface area contributed by atoms with E-state index in [1.807, 2.05) is 62.7 Å². The number of para-hydroxylation sites is 1. The fourth-order valence-electron chi connectivity index (χ4n) is 3.10. The summed E-state index contributed by atoms with van der Waals surface area (Å²) in [6.07, 6.45) is 0.175. The van der Waals surface area contributed by atoms with Gasteiger partial charge < -0.3 is 10.1 Å². The maximum atomic E-state index is 12.7. The minimum atomic E-state index is -0.499. The number of amides is 1. The molecule has 0 atom stereocenters. The Labute approximate surface area is 173 Å². The summed E-state index contributed by atoms with van der Waals surface area (Å²) >= 11 is 1.30. The van der Waals surface area contributed by atoms with Gasteiger partial charge in [-0.15, -0.1) is 11.3 Å². The van der Waals surface area contributed by atoms with Crippen molar-refractivity contribution >= 4 is 28.3 Å². The van der Waals surface area contributed by atoms with Crippen LogP contribution in [0.25, 0.3) is 5.69 Å². The van der Waals surface area contributed by atoms with Crippen LogP contribution >= 0.6 is 11.3 Å². The van der Waals surface area contributed by atoms with Gasteiger partial charge in [0.25, 0.3) is 0 Å². The van der Waals surface area contributed by atoms with Crippen LogP contribution in [0.15, 0.2) is 30.3 Å². The summed E-state index contributed by atoms with van der Waals surface area (Å²) in [4.78, 5) is 29.7. The first-order valence-corrected chi connectivity index (χ1v) is 10.1. The zero-order valence-electron chi connectivity index (χ0n) is 17.1. The molecular formula is C21H24N4O3S. The zero-order valence-corrected chi connectivity index (χ0v) is 18.0. The van der Waals surface area contributed by atoms with Crippen LogP contribution in [-0.4, -0.2) is 33.8 Å². The van der Waals surface area contributed by atoms with Crippen molar-refractivity contribution in [2.24, 2.45) is 0 Å². The molecule has 1 aromatic carbocycles. The second kappa shape index (κ2) is 8.57. The lowest BCUT2D eigenvalue weighted by molar-refractivity contribution is -0.115. The number of carbonyl (C=O) groups excluding carboxylic acids is 2. The molecule has 0 aliphatic heterocycles. The first-order valence-electron chi connectivity index (χ1n) is 9.31. The van der Waals surface area contributed by atoms with Gasteiger partial charge in [0.1, 0.15) is 0 Å². The first-order chi connectivity index (χ1) is 13.8. The lowest BCUT2D eigenvalue weighted by Gasteiger charge is -2.05. The van der Waals surface area contributed by atoms with E-state index >= 15 is 0 Å². The van der Waals surface area contributed by atoms with Crippen molar-refractivity contribution in [2.45, 2.75) is 40.0 Å². The quantitative estimate of drug-likeness (QED) is 0.618. The Morgan fingerprint density at radius 2 is 1.90 bits per heavy atom. The standard InChI is InChI=1S/C21H24N4O3S/c1-12(2)19-18(20(27)28-5)23-21(29-19)22-17(26)11-16-13(3)24-25(14(16)4)15-9-7-6-8-10-15/h6-10,12H,11H2,1-5H3,(H,22,23,26). The Bertz CT molecular complexity index is 1040. The van der Waals surface area contributed by atoms with Crippen LogP contribution in [0.5, 0.6) is 0 Å². The topological polar surface area (TPSA) is 86.1 Å². The number of thiazole rings is 1. The highest BCUT2D eigenvalue weighted by Crippen LogP contribution is 2.30. The van der Waals surface area contributed by atoms with Crippen molar-refractivity contribution in [3.63, 3.8) is 0 Å². The Hall–Kier alpha value is -3.00. The molecule has 0 spiro atoms. The van der Waals surface area contributed by atoms with Gasteiger partial charge in [-0.2, -0.15) is 5.10 Å². The van der Waals surface area contributed by atoms with E-state index in [0.717, 1.165) is 27.5 Å². The van der Waals surface area contributed by atoms with E-state index in [1.165, 1.54) is 18.4 Å². The van der Waals surface area contributed by atoms with Crippen LogP contribution < -0.4 is 5.32 Å². The van der Waals surface area contributed by atoms with E-state index in [0.29, 0.717) is 5.13 Å². The van der Waals surface area contributed by atoms with Gasteiger partial charge >= 0.3 is 5.97 Å². The molecule has 0 bridgehead atoms. The number of aromatic nitrogens is 3. The average Bonchev–Trinajstić information content (AvgIpc) is 3.24. The van der Waals surface area contributed by atoms with Crippen molar-refractivity contribution in [2.75, 3.05) is 12.4 Å². The van der Waals surface area contributed by atoms with Crippen LogP contribution in [0.1, 0.15) is 52.1 Å². The molecule has 0 saturated carbocycles. The molecule has 0 fully saturated rings. The van der Waals surface area contributed by atoms with Crippen molar-refractivity contribution < 1.29 is 14.3 Å². The highest BCUT2D eigenvalue weighted by atomic mass is 32.1. The van der Waals surface area contributed by atoms with E-state index in [2.05, 4.69) is 15.4 Å².